The van der Waals surface area contributed by atoms with Gasteiger partial charge in [0.2, 0.25) is 0 Å². The Morgan fingerprint density at radius 1 is 1.41 bits per heavy atom. The lowest BCUT2D eigenvalue weighted by Crippen LogP contribution is -2.41. The molecule has 1 unspecified atom stereocenters. The molecule has 1 aliphatic rings. The Kier molecular flexibility index (Phi) is 6.71. The second kappa shape index (κ2) is 8.78. The zero-order valence-electron chi connectivity index (χ0n) is 14.2. The van der Waals surface area contributed by atoms with Crippen molar-refractivity contribution in [3.8, 4) is 0 Å². The molecule has 2 rings (SSSR count). The number of nitrogens with zero attached hydrogens (tertiary/aromatic N) is 4. The van der Waals surface area contributed by atoms with Crippen molar-refractivity contribution < 1.29 is 0 Å². The molecule has 1 aromatic rings. The number of hydrogen-bond acceptors (Lipinski definition) is 3. The first-order chi connectivity index (χ1) is 10.7. The van der Waals surface area contributed by atoms with E-state index in [9.17, 15) is 0 Å². The van der Waals surface area contributed by atoms with E-state index in [1.165, 1.54) is 32.4 Å². The largest absolute Gasteiger partial charge is 0.356 e. The lowest BCUT2D eigenvalue weighted by atomic mass is 10.0. The van der Waals surface area contributed by atoms with Crippen LogP contribution in [0.4, 0.5) is 0 Å². The van der Waals surface area contributed by atoms with Gasteiger partial charge in [-0.2, -0.15) is 5.10 Å². The molecule has 1 aromatic heterocycles. The van der Waals surface area contributed by atoms with E-state index in [0.29, 0.717) is 0 Å². The van der Waals surface area contributed by atoms with Crippen LogP contribution < -0.4 is 10.6 Å². The summed E-state index contributed by atoms with van der Waals surface area (Å²) in [4.78, 5) is 6.88. The smallest absolute Gasteiger partial charge is 0.191 e. The summed E-state index contributed by atoms with van der Waals surface area (Å²) in [5, 5.41) is 10.9. The number of aromatic nitrogens is 2. The molecule has 0 saturated carbocycles. The highest BCUT2D eigenvalue weighted by atomic mass is 15.3. The lowest BCUT2D eigenvalue weighted by molar-refractivity contribution is 0.159. The van der Waals surface area contributed by atoms with E-state index in [0.717, 1.165) is 37.2 Å². The van der Waals surface area contributed by atoms with Crippen molar-refractivity contribution >= 4 is 5.96 Å². The lowest BCUT2D eigenvalue weighted by Gasteiger charge is -2.33. The van der Waals surface area contributed by atoms with Crippen molar-refractivity contribution in [1.82, 2.24) is 25.3 Å². The number of likely N-dealkylation sites (tertiary alicyclic amines) is 1. The van der Waals surface area contributed by atoms with Crippen LogP contribution in [0.3, 0.4) is 0 Å². The molecule has 1 saturated heterocycles. The zero-order valence-corrected chi connectivity index (χ0v) is 14.2. The summed E-state index contributed by atoms with van der Waals surface area (Å²) in [7, 11) is 3.76. The predicted octanol–water partition coefficient (Wildman–Crippen LogP) is 1.35. The van der Waals surface area contributed by atoms with Gasteiger partial charge in [0.05, 0.1) is 12.2 Å². The number of rotatable bonds is 6. The predicted molar refractivity (Wildman–Crippen MR) is 90.9 cm³/mol. The number of aryl methyl sites for hydroxylation is 1. The summed E-state index contributed by atoms with van der Waals surface area (Å²) < 4.78 is 1.87. The molecule has 6 nitrogen and oxygen atoms in total. The van der Waals surface area contributed by atoms with Gasteiger partial charge in [-0.3, -0.25) is 9.67 Å². The maximum Gasteiger partial charge on any atom is 0.191 e. The summed E-state index contributed by atoms with van der Waals surface area (Å²) in [6.45, 7) is 6.47. The third-order valence-electron chi connectivity index (χ3n) is 4.44. The number of aliphatic imine (C=N–C) groups is 1. The van der Waals surface area contributed by atoms with Crippen LogP contribution in [0.15, 0.2) is 17.3 Å². The van der Waals surface area contributed by atoms with Gasteiger partial charge in [0.25, 0.3) is 0 Å². The van der Waals surface area contributed by atoms with Crippen LogP contribution in [0.2, 0.25) is 0 Å². The van der Waals surface area contributed by atoms with E-state index in [4.69, 9.17) is 0 Å². The van der Waals surface area contributed by atoms with E-state index in [1.54, 1.807) is 0 Å². The van der Waals surface area contributed by atoms with E-state index in [1.807, 2.05) is 31.0 Å². The van der Waals surface area contributed by atoms with Gasteiger partial charge >= 0.3 is 0 Å². The van der Waals surface area contributed by atoms with Gasteiger partial charge in [0, 0.05) is 39.4 Å². The summed E-state index contributed by atoms with van der Waals surface area (Å²) in [6, 6.07) is 2.76. The highest BCUT2D eigenvalue weighted by Gasteiger charge is 2.17. The molecule has 22 heavy (non-hydrogen) atoms. The summed E-state index contributed by atoms with van der Waals surface area (Å²) in [5.41, 5.74) is 1.14. The van der Waals surface area contributed by atoms with Crippen molar-refractivity contribution in [2.24, 2.45) is 12.0 Å². The van der Waals surface area contributed by atoms with Gasteiger partial charge in [-0.15, -0.1) is 0 Å². The van der Waals surface area contributed by atoms with E-state index in [-0.39, 0.29) is 0 Å². The summed E-state index contributed by atoms with van der Waals surface area (Å²) >= 11 is 0. The third kappa shape index (κ3) is 5.02. The molecule has 0 aromatic carbocycles. The summed E-state index contributed by atoms with van der Waals surface area (Å²) in [5.74, 6) is 0.855. The van der Waals surface area contributed by atoms with Crippen molar-refractivity contribution in [1.29, 1.82) is 0 Å². The van der Waals surface area contributed by atoms with Crippen LogP contribution in [0.25, 0.3) is 0 Å². The first-order valence-electron chi connectivity index (χ1n) is 8.36. The first kappa shape index (κ1) is 16.8. The van der Waals surface area contributed by atoms with Crippen LogP contribution in [-0.2, 0) is 13.6 Å². The molecular formula is C16H30N6. The third-order valence-corrected chi connectivity index (χ3v) is 4.44. The Morgan fingerprint density at radius 2 is 2.27 bits per heavy atom. The Labute approximate surface area is 134 Å². The number of guanidine groups is 1. The standard InChI is InChI=1S/C16H30N6/c1-14-7-4-5-11-22(14)12-6-9-18-16(17-2)19-13-15-8-10-20-21(15)3/h8,10,14H,4-7,9,11-13H2,1-3H3,(H2,17,18,19). The van der Waals surface area contributed by atoms with Crippen LogP contribution >= 0.6 is 0 Å². The van der Waals surface area contributed by atoms with Gasteiger partial charge in [-0.05, 0) is 38.8 Å². The molecule has 1 aliphatic heterocycles. The number of nitrogens with one attached hydrogen (secondary N) is 2. The quantitative estimate of drug-likeness (QED) is 0.473. The van der Waals surface area contributed by atoms with Crippen LogP contribution in [0.1, 0.15) is 38.3 Å². The maximum atomic E-state index is 4.27. The van der Waals surface area contributed by atoms with Gasteiger partial charge < -0.3 is 15.5 Å². The number of piperidine rings is 1. The fourth-order valence-electron chi connectivity index (χ4n) is 2.95. The second-order valence-electron chi connectivity index (χ2n) is 6.03. The van der Waals surface area contributed by atoms with Gasteiger partial charge in [0.15, 0.2) is 5.96 Å². The van der Waals surface area contributed by atoms with Gasteiger partial charge in [-0.1, -0.05) is 6.42 Å². The zero-order chi connectivity index (χ0) is 15.8. The molecule has 0 radical (unpaired) electrons. The van der Waals surface area contributed by atoms with Gasteiger partial charge in [-0.25, -0.2) is 0 Å². The maximum absolute atomic E-state index is 4.27. The molecular weight excluding hydrogens is 276 g/mol. The van der Waals surface area contributed by atoms with E-state index < -0.39 is 0 Å². The van der Waals surface area contributed by atoms with E-state index in [2.05, 4.69) is 32.5 Å². The molecule has 0 amide bonds. The highest BCUT2D eigenvalue weighted by molar-refractivity contribution is 5.79. The normalized spacial score (nSPS) is 20.1. The molecule has 0 bridgehead atoms. The van der Waals surface area contributed by atoms with Crippen molar-refractivity contribution in [3.63, 3.8) is 0 Å². The average molecular weight is 306 g/mol. The monoisotopic (exact) mass is 306 g/mol. The van der Waals surface area contributed by atoms with Gasteiger partial charge in [0.1, 0.15) is 0 Å². The Hall–Kier alpha value is -1.56. The van der Waals surface area contributed by atoms with Crippen molar-refractivity contribution in [2.75, 3.05) is 26.7 Å². The van der Waals surface area contributed by atoms with E-state index >= 15 is 0 Å². The van der Waals surface area contributed by atoms with Crippen LogP contribution in [0, 0.1) is 0 Å². The average Bonchev–Trinajstić information content (AvgIpc) is 2.93. The Bertz CT molecular complexity index is 467. The van der Waals surface area contributed by atoms with Crippen molar-refractivity contribution in [2.45, 2.75) is 45.2 Å². The molecule has 2 heterocycles. The molecule has 2 N–H and O–H groups in total. The minimum Gasteiger partial charge on any atom is -0.356 e. The molecule has 1 fully saturated rings. The fraction of sp³-hybridized carbons (Fsp3) is 0.750. The minimum atomic E-state index is 0.735. The molecule has 124 valence electrons. The molecule has 0 spiro atoms. The highest BCUT2D eigenvalue weighted by Crippen LogP contribution is 2.15. The summed E-state index contributed by atoms with van der Waals surface area (Å²) in [6.07, 6.45) is 7.05. The van der Waals surface area contributed by atoms with Crippen LogP contribution in [0.5, 0.6) is 0 Å². The number of hydrogen-bond donors (Lipinski definition) is 2. The SMILES string of the molecule is CN=C(NCCCN1CCCCC1C)NCc1ccnn1C. The van der Waals surface area contributed by atoms with Crippen molar-refractivity contribution in [3.05, 3.63) is 18.0 Å². The Morgan fingerprint density at radius 3 is 2.95 bits per heavy atom. The first-order valence-corrected chi connectivity index (χ1v) is 8.36. The molecule has 0 aliphatic carbocycles. The van der Waals surface area contributed by atoms with Crippen LogP contribution in [-0.4, -0.2) is 53.4 Å². The topological polar surface area (TPSA) is 57.5 Å². The Balaban J connectivity index is 1.63. The fourth-order valence-corrected chi connectivity index (χ4v) is 2.95. The second-order valence-corrected chi connectivity index (χ2v) is 6.03. The minimum absolute atomic E-state index is 0.735. The molecule has 1 atom stereocenters. The molecule has 6 heteroatoms.